The van der Waals surface area contributed by atoms with Crippen LogP contribution in [0.4, 0.5) is 5.69 Å². The van der Waals surface area contributed by atoms with Gasteiger partial charge in [-0.05, 0) is 26.5 Å². The Bertz CT molecular complexity index is 425. The number of nitrogens with one attached hydrogen (secondary N) is 1. The highest BCUT2D eigenvalue weighted by molar-refractivity contribution is 7.99. The summed E-state index contributed by atoms with van der Waals surface area (Å²) in [7, 11) is 0. The number of thioether (sulfide) groups is 1. The van der Waals surface area contributed by atoms with E-state index in [0.29, 0.717) is 11.8 Å². The Labute approximate surface area is 120 Å². The Morgan fingerprint density at radius 1 is 1.53 bits per heavy atom. The van der Waals surface area contributed by atoms with Gasteiger partial charge in [0.25, 0.3) is 0 Å². The first-order chi connectivity index (χ1) is 9.13. The lowest BCUT2D eigenvalue weighted by Gasteiger charge is -2.35. The van der Waals surface area contributed by atoms with Crippen LogP contribution in [0.25, 0.3) is 0 Å². The third kappa shape index (κ3) is 3.37. The molecule has 1 aromatic rings. The van der Waals surface area contributed by atoms with Gasteiger partial charge in [-0.3, -0.25) is 0 Å². The van der Waals surface area contributed by atoms with Gasteiger partial charge < -0.3 is 15.3 Å². The molecule has 0 aliphatic carbocycles. The summed E-state index contributed by atoms with van der Waals surface area (Å²) in [6.45, 7) is 8.38. The first-order valence-corrected chi connectivity index (χ1v) is 8.19. The van der Waals surface area contributed by atoms with Crippen molar-refractivity contribution in [3.05, 3.63) is 23.8 Å². The summed E-state index contributed by atoms with van der Waals surface area (Å²) < 4.78 is 0. The highest BCUT2D eigenvalue weighted by Crippen LogP contribution is 2.31. The second-order valence-corrected chi connectivity index (χ2v) is 6.29. The molecule has 1 saturated heterocycles. The van der Waals surface area contributed by atoms with Gasteiger partial charge in [-0.2, -0.15) is 11.8 Å². The van der Waals surface area contributed by atoms with Crippen molar-refractivity contribution in [2.75, 3.05) is 29.5 Å². The number of nitrogens with zero attached hydrogens (tertiary/aromatic N) is 1. The second-order valence-electron chi connectivity index (χ2n) is 5.14. The van der Waals surface area contributed by atoms with Crippen LogP contribution in [0.2, 0.25) is 0 Å². The topological polar surface area (TPSA) is 35.5 Å². The second kappa shape index (κ2) is 6.53. The summed E-state index contributed by atoms with van der Waals surface area (Å²) in [5.74, 6) is 2.73. The minimum Gasteiger partial charge on any atom is -0.508 e. The molecule has 2 N–H and O–H groups in total. The van der Waals surface area contributed by atoms with E-state index < -0.39 is 0 Å². The average Bonchev–Trinajstić information content (AvgIpc) is 2.39. The summed E-state index contributed by atoms with van der Waals surface area (Å²) in [5, 5.41) is 13.6. The molecule has 2 unspecified atom stereocenters. The van der Waals surface area contributed by atoms with E-state index in [0.717, 1.165) is 30.1 Å². The molecule has 0 amide bonds. The highest BCUT2D eigenvalue weighted by atomic mass is 32.2. The minimum atomic E-state index is 0.188. The van der Waals surface area contributed by atoms with Gasteiger partial charge in [-0.1, -0.05) is 13.0 Å². The molecule has 0 spiro atoms. The van der Waals surface area contributed by atoms with Gasteiger partial charge in [0.2, 0.25) is 0 Å². The first kappa shape index (κ1) is 14.5. The predicted molar refractivity (Wildman–Crippen MR) is 84.3 cm³/mol. The van der Waals surface area contributed by atoms with E-state index in [4.69, 9.17) is 0 Å². The van der Waals surface area contributed by atoms with Crippen LogP contribution >= 0.6 is 11.8 Å². The van der Waals surface area contributed by atoms with Crippen molar-refractivity contribution in [3.63, 3.8) is 0 Å². The number of aromatic hydroxyl groups is 1. The molecular weight excluding hydrogens is 256 g/mol. The number of anilines is 1. The van der Waals surface area contributed by atoms with Crippen LogP contribution in [0.1, 0.15) is 32.4 Å². The standard InChI is InChI=1S/C15H24N2OS/c1-4-16-12(3)14-6-5-13(9-15(14)18)17-7-8-19-10-11(17)2/h5-6,9,11-12,16,18H,4,7-8,10H2,1-3H3. The fourth-order valence-electron chi connectivity index (χ4n) is 2.60. The molecule has 0 radical (unpaired) electrons. The predicted octanol–water partition coefficient (Wildman–Crippen LogP) is 3.00. The van der Waals surface area contributed by atoms with Gasteiger partial charge in [0, 0.05) is 47.5 Å². The Morgan fingerprint density at radius 2 is 2.32 bits per heavy atom. The molecule has 19 heavy (non-hydrogen) atoms. The SMILES string of the molecule is CCNC(C)c1ccc(N2CCSCC2C)cc1O. The number of hydrogen-bond donors (Lipinski definition) is 2. The summed E-state index contributed by atoms with van der Waals surface area (Å²) in [5.41, 5.74) is 2.11. The van der Waals surface area contributed by atoms with E-state index in [1.54, 1.807) is 0 Å². The van der Waals surface area contributed by atoms with Crippen molar-refractivity contribution in [2.24, 2.45) is 0 Å². The maximum Gasteiger partial charge on any atom is 0.122 e. The van der Waals surface area contributed by atoms with Crippen molar-refractivity contribution in [3.8, 4) is 5.75 Å². The van der Waals surface area contributed by atoms with Crippen LogP contribution in [0.5, 0.6) is 5.75 Å². The molecule has 2 rings (SSSR count). The maximum atomic E-state index is 10.2. The zero-order chi connectivity index (χ0) is 13.8. The molecule has 106 valence electrons. The van der Waals surface area contributed by atoms with E-state index in [1.165, 1.54) is 5.75 Å². The Balaban J connectivity index is 2.18. The van der Waals surface area contributed by atoms with Crippen LogP contribution in [0.15, 0.2) is 18.2 Å². The Kier molecular flexibility index (Phi) is 4.99. The lowest BCUT2D eigenvalue weighted by molar-refractivity contribution is 0.454. The molecule has 2 atom stereocenters. The number of phenols is 1. The van der Waals surface area contributed by atoms with Gasteiger partial charge in [-0.15, -0.1) is 0 Å². The normalized spacial score (nSPS) is 21.4. The fraction of sp³-hybridized carbons (Fsp3) is 0.600. The Morgan fingerprint density at radius 3 is 2.95 bits per heavy atom. The molecule has 1 heterocycles. The van der Waals surface area contributed by atoms with Crippen molar-refractivity contribution >= 4 is 17.4 Å². The zero-order valence-corrected chi connectivity index (χ0v) is 12.8. The molecule has 1 aromatic carbocycles. The van der Waals surface area contributed by atoms with Crippen LogP contribution in [0, 0.1) is 0 Å². The largest absolute Gasteiger partial charge is 0.508 e. The Hall–Kier alpha value is -0.870. The smallest absolute Gasteiger partial charge is 0.122 e. The third-order valence-electron chi connectivity index (χ3n) is 3.69. The van der Waals surface area contributed by atoms with Crippen molar-refractivity contribution in [1.29, 1.82) is 0 Å². The molecule has 1 aliphatic heterocycles. The van der Waals surface area contributed by atoms with Gasteiger partial charge in [-0.25, -0.2) is 0 Å². The summed E-state index contributed by atoms with van der Waals surface area (Å²) >= 11 is 2.01. The van der Waals surface area contributed by atoms with Crippen LogP contribution in [-0.4, -0.2) is 35.7 Å². The molecule has 1 fully saturated rings. The lowest BCUT2D eigenvalue weighted by atomic mass is 10.1. The molecule has 0 saturated carbocycles. The molecular formula is C15H24N2OS. The van der Waals surface area contributed by atoms with E-state index in [2.05, 4.69) is 37.1 Å². The van der Waals surface area contributed by atoms with Crippen molar-refractivity contribution < 1.29 is 5.11 Å². The van der Waals surface area contributed by atoms with E-state index in [-0.39, 0.29) is 6.04 Å². The quantitative estimate of drug-likeness (QED) is 0.889. The number of phenolic OH excluding ortho intramolecular Hbond substituents is 1. The molecule has 0 aromatic heterocycles. The van der Waals surface area contributed by atoms with Crippen LogP contribution < -0.4 is 10.2 Å². The summed E-state index contributed by atoms with van der Waals surface area (Å²) in [4.78, 5) is 2.39. The van der Waals surface area contributed by atoms with Crippen LogP contribution in [0.3, 0.4) is 0 Å². The third-order valence-corrected chi connectivity index (χ3v) is 4.88. The minimum absolute atomic E-state index is 0.188. The molecule has 1 aliphatic rings. The lowest BCUT2D eigenvalue weighted by Crippen LogP contribution is -2.40. The average molecular weight is 280 g/mol. The maximum absolute atomic E-state index is 10.2. The van der Waals surface area contributed by atoms with Gasteiger partial charge in [0.15, 0.2) is 0 Å². The number of rotatable bonds is 4. The van der Waals surface area contributed by atoms with Gasteiger partial charge >= 0.3 is 0 Å². The van der Waals surface area contributed by atoms with E-state index in [9.17, 15) is 5.11 Å². The van der Waals surface area contributed by atoms with E-state index >= 15 is 0 Å². The van der Waals surface area contributed by atoms with Crippen molar-refractivity contribution in [1.82, 2.24) is 5.32 Å². The molecule has 3 nitrogen and oxygen atoms in total. The number of benzene rings is 1. The van der Waals surface area contributed by atoms with Gasteiger partial charge in [0.1, 0.15) is 5.75 Å². The monoisotopic (exact) mass is 280 g/mol. The number of hydrogen-bond acceptors (Lipinski definition) is 4. The van der Waals surface area contributed by atoms with E-state index in [1.807, 2.05) is 23.9 Å². The van der Waals surface area contributed by atoms with Crippen LogP contribution in [-0.2, 0) is 0 Å². The molecule has 0 bridgehead atoms. The summed E-state index contributed by atoms with van der Waals surface area (Å²) in [6.07, 6.45) is 0. The zero-order valence-electron chi connectivity index (χ0n) is 12.0. The van der Waals surface area contributed by atoms with Gasteiger partial charge in [0.05, 0.1) is 0 Å². The summed E-state index contributed by atoms with van der Waals surface area (Å²) in [6, 6.07) is 6.82. The first-order valence-electron chi connectivity index (χ1n) is 7.04. The van der Waals surface area contributed by atoms with Crippen molar-refractivity contribution in [2.45, 2.75) is 32.9 Å². The highest BCUT2D eigenvalue weighted by Gasteiger charge is 2.20. The fourth-order valence-corrected chi connectivity index (χ4v) is 3.62. The molecule has 4 heteroatoms.